The molecule has 2 heterocycles. The zero-order valence-corrected chi connectivity index (χ0v) is 9.80. The first-order valence-corrected chi connectivity index (χ1v) is 5.15. The molecule has 8 nitrogen and oxygen atoms in total. The van der Waals surface area contributed by atoms with E-state index in [2.05, 4.69) is 20.2 Å². The summed E-state index contributed by atoms with van der Waals surface area (Å²) in [5.41, 5.74) is -0.294. The minimum atomic E-state index is -0.294. The van der Waals surface area contributed by atoms with E-state index in [4.69, 9.17) is 9.26 Å². The fraction of sp³-hybridized carbons (Fsp3) is 0.556. The molecule has 2 aromatic heterocycles. The van der Waals surface area contributed by atoms with Crippen molar-refractivity contribution in [2.75, 3.05) is 0 Å². The highest BCUT2D eigenvalue weighted by atomic mass is 16.6. The van der Waals surface area contributed by atoms with Gasteiger partial charge in [-0.3, -0.25) is 9.51 Å². The van der Waals surface area contributed by atoms with Crippen molar-refractivity contribution in [1.29, 1.82) is 0 Å². The Morgan fingerprint density at radius 3 is 2.82 bits per heavy atom. The van der Waals surface area contributed by atoms with Crippen LogP contribution in [0.2, 0.25) is 0 Å². The highest BCUT2D eigenvalue weighted by Crippen LogP contribution is 2.14. The molecule has 0 atom stereocenters. The summed E-state index contributed by atoms with van der Waals surface area (Å²) < 4.78 is 11.3. The lowest BCUT2D eigenvalue weighted by molar-refractivity contribution is 0.190. The third-order valence-corrected chi connectivity index (χ3v) is 2.09. The van der Waals surface area contributed by atoms with E-state index in [1.54, 1.807) is 7.05 Å². The van der Waals surface area contributed by atoms with Crippen LogP contribution in [0.4, 0.5) is 0 Å². The molecule has 0 radical (unpaired) electrons. The van der Waals surface area contributed by atoms with Crippen LogP contribution in [0.15, 0.2) is 9.32 Å². The smallest absolute Gasteiger partial charge is 0.417 e. The average Bonchev–Trinajstić information content (AvgIpc) is 2.84. The number of aryl methyl sites for hydroxylation is 1. The van der Waals surface area contributed by atoms with Gasteiger partial charge in [0.1, 0.15) is 0 Å². The molecule has 0 amide bonds. The Labute approximate surface area is 96.6 Å². The SMILES string of the molecule is CC(C)c1noc(OCc2nn(C)c(=O)[nH]2)n1. The van der Waals surface area contributed by atoms with Gasteiger partial charge in [-0.25, -0.2) is 9.48 Å². The molecule has 17 heavy (non-hydrogen) atoms. The molecule has 8 heteroatoms. The van der Waals surface area contributed by atoms with E-state index >= 15 is 0 Å². The molecule has 0 aliphatic heterocycles. The number of ether oxygens (including phenoxy) is 1. The van der Waals surface area contributed by atoms with Crippen LogP contribution in [-0.4, -0.2) is 24.9 Å². The lowest BCUT2D eigenvalue weighted by atomic mass is 10.2. The van der Waals surface area contributed by atoms with Gasteiger partial charge in [0.15, 0.2) is 18.3 Å². The molecule has 0 spiro atoms. The van der Waals surface area contributed by atoms with Crippen LogP contribution in [0, 0.1) is 0 Å². The van der Waals surface area contributed by atoms with Gasteiger partial charge in [-0.2, -0.15) is 10.1 Å². The van der Waals surface area contributed by atoms with Crippen LogP contribution >= 0.6 is 0 Å². The standard InChI is InChI=1S/C9H13N5O3/c1-5(2)7-11-9(17-13-7)16-4-6-10-8(15)14(3)12-6/h5H,4H2,1-3H3,(H,10,12,15). The maximum Gasteiger partial charge on any atom is 0.417 e. The van der Waals surface area contributed by atoms with Crippen LogP contribution < -0.4 is 10.4 Å². The summed E-state index contributed by atoms with van der Waals surface area (Å²) in [5.74, 6) is 1.15. The Bertz CT molecular complexity index is 553. The van der Waals surface area contributed by atoms with E-state index < -0.39 is 0 Å². The molecule has 2 rings (SSSR count). The Kier molecular flexibility index (Phi) is 2.94. The zero-order chi connectivity index (χ0) is 12.4. The van der Waals surface area contributed by atoms with Crippen LogP contribution in [-0.2, 0) is 13.7 Å². The Morgan fingerprint density at radius 2 is 2.29 bits per heavy atom. The average molecular weight is 239 g/mol. The number of nitrogens with zero attached hydrogens (tertiary/aromatic N) is 4. The molecule has 0 fully saturated rings. The van der Waals surface area contributed by atoms with Gasteiger partial charge in [-0.1, -0.05) is 19.0 Å². The van der Waals surface area contributed by atoms with Gasteiger partial charge in [0.2, 0.25) is 0 Å². The first-order chi connectivity index (χ1) is 8.06. The highest BCUT2D eigenvalue weighted by molar-refractivity contribution is 4.95. The van der Waals surface area contributed by atoms with Crippen molar-refractivity contribution in [2.45, 2.75) is 26.4 Å². The zero-order valence-electron chi connectivity index (χ0n) is 9.80. The van der Waals surface area contributed by atoms with Gasteiger partial charge in [-0.15, -0.1) is 0 Å². The summed E-state index contributed by atoms with van der Waals surface area (Å²) in [7, 11) is 1.55. The summed E-state index contributed by atoms with van der Waals surface area (Å²) in [6.07, 6.45) is 0.0696. The lowest BCUT2D eigenvalue weighted by Gasteiger charge is -1.95. The number of H-pyrrole nitrogens is 1. The predicted molar refractivity (Wildman–Crippen MR) is 56.5 cm³/mol. The molecule has 0 aromatic carbocycles. The highest BCUT2D eigenvalue weighted by Gasteiger charge is 2.11. The van der Waals surface area contributed by atoms with Crippen molar-refractivity contribution >= 4 is 0 Å². The minimum absolute atomic E-state index is 0.0696. The van der Waals surface area contributed by atoms with Crippen LogP contribution in [0.5, 0.6) is 6.08 Å². The van der Waals surface area contributed by atoms with Gasteiger partial charge >= 0.3 is 11.8 Å². The fourth-order valence-electron chi connectivity index (χ4n) is 1.16. The number of aromatic amines is 1. The molecule has 0 bridgehead atoms. The van der Waals surface area contributed by atoms with Crippen molar-refractivity contribution in [3.63, 3.8) is 0 Å². The molecule has 0 aliphatic carbocycles. The fourth-order valence-corrected chi connectivity index (χ4v) is 1.16. The number of hydrogen-bond acceptors (Lipinski definition) is 6. The Hall–Kier alpha value is -2.12. The van der Waals surface area contributed by atoms with Gasteiger partial charge in [0, 0.05) is 13.0 Å². The quantitative estimate of drug-likeness (QED) is 0.817. The van der Waals surface area contributed by atoms with E-state index in [9.17, 15) is 4.79 Å². The first-order valence-electron chi connectivity index (χ1n) is 5.15. The van der Waals surface area contributed by atoms with Crippen molar-refractivity contribution in [3.05, 3.63) is 22.1 Å². The van der Waals surface area contributed by atoms with Crippen LogP contribution in [0.3, 0.4) is 0 Å². The summed E-state index contributed by atoms with van der Waals surface area (Å²) >= 11 is 0. The van der Waals surface area contributed by atoms with Gasteiger partial charge in [-0.05, 0) is 0 Å². The number of aromatic nitrogens is 5. The normalized spacial score (nSPS) is 11.1. The van der Waals surface area contributed by atoms with E-state index in [1.807, 2.05) is 13.8 Å². The largest absolute Gasteiger partial charge is 0.441 e. The van der Waals surface area contributed by atoms with Crippen molar-refractivity contribution in [3.8, 4) is 6.08 Å². The summed E-state index contributed by atoms with van der Waals surface area (Å²) in [4.78, 5) is 17.6. The second kappa shape index (κ2) is 4.40. The number of nitrogens with one attached hydrogen (secondary N) is 1. The van der Waals surface area contributed by atoms with Gasteiger partial charge < -0.3 is 4.74 Å². The van der Waals surface area contributed by atoms with Crippen molar-refractivity contribution < 1.29 is 9.26 Å². The number of rotatable bonds is 4. The second-order valence-electron chi connectivity index (χ2n) is 3.86. The molecule has 0 aliphatic rings. The van der Waals surface area contributed by atoms with Gasteiger partial charge in [0.05, 0.1) is 0 Å². The molecular weight excluding hydrogens is 226 g/mol. The summed E-state index contributed by atoms with van der Waals surface area (Å²) in [6, 6.07) is 0. The Balaban J connectivity index is 1.99. The van der Waals surface area contributed by atoms with Crippen molar-refractivity contribution in [2.24, 2.45) is 7.05 Å². The van der Waals surface area contributed by atoms with Gasteiger partial charge in [0.25, 0.3) is 0 Å². The van der Waals surface area contributed by atoms with Crippen molar-refractivity contribution in [1.82, 2.24) is 24.9 Å². The number of hydrogen-bond donors (Lipinski definition) is 1. The third kappa shape index (κ3) is 2.52. The second-order valence-corrected chi connectivity index (χ2v) is 3.86. The summed E-state index contributed by atoms with van der Waals surface area (Å²) in [5, 5.41) is 7.64. The topological polar surface area (TPSA) is 98.8 Å². The molecular formula is C9H13N5O3. The van der Waals surface area contributed by atoms with E-state index in [0.29, 0.717) is 11.6 Å². The van der Waals surface area contributed by atoms with E-state index in [0.717, 1.165) is 0 Å². The van der Waals surface area contributed by atoms with Crippen LogP contribution in [0.25, 0.3) is 0 Å². The molecule has 0 saturated heterocycles. The summed E-state index contributed by atoms with van der Waals surface area (Å²) in [6.45, 7) is 3.98. The van der Waals surface area contributed by atoms with E-state index in [-0.39, 0.29) is 24.3 Å². The molecule has 2 aromatic rings. The molecule has 0 saturated carbocycles. The molecule has 1 N–H and O–H groups in total. The predicted octanol–water partition coefficient (Wildman–Crippen LogP) is 0.194. The van der Waals surface area contributed by atoms with E-state index in [1.165, 1.54) is 4.68 Å². The maximum absolute atomic E-state index is 11.1. The maximum atomic E-state index is 11.1. The lowest BCUT2D eigenvalue weighted by Crippen LogP contribution is -2.13. The van der Waals surface area contributed by atoms with Crippen LogP contribution in [0.1, 0.15) is 31.4 Å². The third-order valence-electron chi connectivity index (χ3n) is 2.09. The minimum Gasteiger partial charge on any atom is -0.441 e. The Morgan fingerprint density at radius 1 is 1.53 bits per heavy atom. The monoisotopic (exact) mass is 239 g/mol. The molecule has 0 unspecified atom stereocenters. The molecule has 92 valence electrons. The first kappa shape index (κ1) is 11.4.